The summed E-state index contributed by atoms with van der Waals surface area (Å²) >= 11 is 0. The molecule has 3 fully saturated rings. The van der Waals surface area contributed by atoms with E-state index in [1.54, 1.807) is 0 Å². The number of ether oxygens (including phenoxy) is 2. The van der Waals surface area contributed by atoms with E-state index in [1.807, 2.05) is 7.05 Å². The van der Waals surface area contributed by atoms with Gasteiger partial charge in [-0.1, -0.05) is 6.42 Å². The van der Waals surface area contributed by atoms with Crippen molar-refractivity contribution in [2.75, 3.05) is 46.5 Å². The Hall–Kier alpha value is -0.120. The summed E-state index contributed by atoms with van der Waals surface area (Å²) in [5.74, 6) is 0.924. The van der Waals surface area contributed by atoms with Crippen LogP contribution in [0.15, 0.2) is 4.99 Å². The standard InChI is InChI=1S/C19H36N4O2.HI/c1-5-25-16-13-15(19(16)7-6-8-19)22-17(20-4)21-14-18(2,3)23-9-11-24-12-10-23;/h15-16H,5-14H2,1-4H3,(H2,20,21,22);1H. The molecule has 0 aromatic rings. The summed E-state index contributed by atoms with van der Waals surface area (Å²) in [6, 6.07) is 0.496. The van der Waals surface area contributed by atoms with Crippen LogP contribution in [0, 0.1) is 5.41 Å². The monoisotopic (exact) mass is 480 g/mol. The van der Waals surface area contributed by atoms with Crippen molar-refractivity contribution in [1.29, 1.82) is 0 Å². The zero-order valence-corrected chi connectivity index (χ0v) is 19.2. The van der Waals surface area contributed by atoms with Crippen LogP contribution in [0.25, 0.3) is 0 Å². The van der Waals surface area contributed by atoms with Crippen molar-refractivity contribution in [3.05, 3.63) is 0 Å². The van der Waals surface area contributed by atoms with Crippen LogP contribution >= 0.6 is 24.0 Å². The number of rotatable bonds is 6. The molecule has 152 valence electrons. The predicted octanol–water partition coefficient (Wildman–Crippen LogP) is 2.23. The second-order valence-electron chi connectivity index (χ2n) is 8.30. The van der Waals surface area contributed by atoms with E-state index in [9.17, 15) is 0 Å². The van der Waals surface area contributed by atoms with E-state index in [2.05, 4.69) is 41.3 Å². The Morgan fingerprint density at radius 1 is 1.31 bits per heavy atom. The molecule has 1 heterocycles. The van der Waals surface area contributed by atoms with E-state index in [1.165, 1.54) is 19.3 Å². The third-order valence-electron chi connectivity index (χ3n) is 6.53. The fourth-order valence-corrected chi connectivity index (χ4v) is 4.58. The number of aliphatic imine (C=N–C) groups is 1. The van der Waals surface area contributed by atoms with Crippen LogP contribution in [0.2, 0.25) is 0 Å². The number of hydrogen-bond donors (Lipinski definition) is 2. The molecule has 1 aliphatic heterocycles. The van der Waals surface area contributed by atoms with Gasteiger partial charge in [-0.3, -0.25) is 9.89 Å². The Balaban J connectivity index is 0.00000243. The molecule has 2 atom stereocenters. The quantitative estimate of drug-likeness (QED) is 0.347. The highest BCUT2D eigenvalue weighted by molar-refractivity contribution is 14.0. The van der Waals surface area contributed by atoms with E-state index in [0.717, 1.165) is 51.8 Å². The number of halogens is 1. The fraction of sp³-hybridized carbons (Fsp3) is 0.947. The molecule has 1 spiro atoms. The SMILES string of the molecule is CCOC1CC(NC(=NC)NCC(C)(C)N2CCOCC2)C12CCC2.I. The number of guanidine groups is 1. The zero-order chi connectivity index (χ0) is 17.9. The van der Waals surface area contributed by atoms with Crippen LogP contribution in [0.4, 0.5) is 0 Å². The number of hydrogen-bond acceptors (Lipinski definition) is 4. The topological polar surface area (TPSA) is 58.1 Å². The van der Waals surface area contributed by atoms with Crippen molar-refractivity contribution in [3.63, 3.8) is 0 Å². The zero-order valence-electron chi connectivity index (χ0n) is 16.8. The third-order valence-corrected chi connectivity index (χ3v) is 6.53. The van der Waals surface area contributed by atoms with E-state index in [0.29, 0.717) is 17.6 Å². The van der Waals surface area contributed by atoms with Gasteiger partial charge in [0.2, 0.25) is 0 Å². The molecule has 6 nitrogen and oxygen atoms in total. The van der Waals surface area contributed by atoms with Crippen LogP contribution in [0.1, 0.15) is 46.5 Å². The van der Waals surface area contributed by atoms with Crippen molar-refractivity contribution in [2.24, 2.45) is 10.4 Å². The molecule has 1 saturated heterocycles. The van der Waals surface area contributed by atoms with Gasteiger partial charge in [0.25, 0.3) is 0 Å². The second kappa shape index (κ2) is 9.39. The number of nitrogens with one attached hydrogen (secondary N) is 2. The summed E-state index contributed by atoms with van der Waals surface area (Å²) in [7, 11) is 1.86. The second-order valence-corrected chi connectivity index (χ2v) is 8.30. The molecule has 0 amide bonds. The van der Waals surface area contributed by atoms with Gasteiger partial charge in [0, 0.05) is 50.3 Å². The Kier molecular flexibility index (Phi) is 8.00. The molecule has 2 saturated carbocycles. The van der Waals surface area contributed by atoms with Gasteiger partial charge >= 0.3 is 0 Å². The average molecular weight is 480 g/mol. The maximum absolute atomic E-state index is 5.96. The van der Waals surface area contributed by atoms with Crippen molar-refractivity contribution >= 4 is 29.9 Å². The van der Waals surface area contributed by atoms with Crippen LogP contribution < -0.4 is 10.6 Å². The summed E-state index contributed by atoms with van der Waals surface area (Å²) in [6.45, 7) is 12.0. The highest BCUT2D eigenvalue weighted by atomic mass is 127. The van der Waals surface area contributed by atoms with Gasteiger partial charge in [-0.05, 0) is 40.0 Å². The summed E-state index contributed by atoms with van der Waals surface area (Å²) in [4.78, 5) is 6.96. The minimum Gasteiger partial charge on any atom is -0.379 e. The first-order valence-corrected chi connectivity index (χ1v) is 9.93. The molecule has 2 N–H and O–H groups in total. The van der Waals surface area contributed by atoms with Crippen molar-refractivity contribution < 1.29 is 9.47 Å². The smallest absolute Gasteiger partial charge is 0.191 e. The van der Waals surface area contributed by atoms with Gasteiger partial charge in [-0.25, -0.2) is 0 Å². The molecule has 0 radical (unpaired) electrons. The molecular formula is C19H37IN4O2. The van der Waals surface area contributed by atoms with Crippen LogP contribution in [-0.2, 0) is 9.47 Å². The van der Waals surface area contributed by atoms with Gasteiger partial charge < -0.3 is 20.1 Å². The maximum Gasteiger partial charge on any atom is 0.191 e. The molecular weight excluding hydrogens is 443 g/mol. The summed E-state index contributed by atoms with van der Waals surface area (Å²) in [5, 5.41) is 7.23. The predicted molar refractivity (Wildman–Crippen MR) is 116 cm³/mol. The lowest BCUT2D eigenvalue weighted by molar-refractivity contribution is -0.168. The van der Waals surface area contributed by atoms with Gasteiger partial charge in [0.05, 0.1) is 19.3 Å². The van der Waals surface area contributed by atoms with Gasteiger partial charge in [-0.15, -0.1) is 24.0 Å². The van der Waals surface area contributed by atoms with Crippen LogP contribution in [0.3, 0.4) is 0 Å². The normalized spacial score (nSPS) is 28.7. The van der Waals surface area contributed by atoms with E-state index >= 15 is 0 Å². The number of nitrogens with zero attached hydrogens (tertiary/aromatic N) is 2. The summed E-state index contributed by atoms with van der Waals surface area (Å²) in [5.41, 5.74) is 0.441. The molecule has 0 aromatic carbocycles. The molecule has 3 rings (SSSR count). The molecule has 7 heteroatoms. The molecule has 0 bridgehead atoms. The van der Waals surface area contributed by atoms with Crippen molar-refractivity contribution in [3.8, 4) is 0 Å². The Bertz CT molecular complexity index is 476. The first kappa shape index (κ1) is 22.2. The first-order valence-electron chi connectivity index (χ1n) is 9.93. The van der Waals surface area contributed by atoms with Crippen molar-refractivity contribution in [1.82, 2.24) is 15.5 Å². The summed E-state index contributed by atoms with van der Waals surface area (Å²) in [6.07, 6.45) is 5.43. The molecule has 2 aliphatic carbocycles. The Morgan fingerprint density at radius 3 is 2.54 bits per heavy atom. The lowest BCUT2D eigenvalue weighted by Crippen LogP contribution is -2.69. The fourth-order valence-electron chi connectivity index (χ4n) is 4.58. The third kappa shape index (κ3) is 4.47. The number of morpholine rings is 1. The van der Waals surface area contributed by atoms with E-state index in [-0.39, 0.29) is 29.5 Å². The Labute approximate surface area is 175 Å². The Morgan fingerprint density at radius 2 is 2.00 bits per heavy atom. The van der Waals surface area contributed by atoms with E-state index < -0.39 is 0 Å². The summed E-state index contributed by atoms with van der Waals surface area (Å²) < 4.78 is 11.4. The lowest BCUT2D eigenvalue weighted by atomic mass is 9.51. The van der Waals surface area contributed by atoms with E-state index in [4.69, 9.17) is 9.47 Å². The maximum atomic E-state index is 5.96. The minimum atomic E-state index is 0. The van der Waals surface area contributed by atoms with Crippen LogP contribution in [0.5, 0.6) is 0 Å². The average Bonchev–Trinajstić information content (AvgIpc) is 2.56. The van der Waals surface area contributed by atoms with Gasteiger partial charge in [-0.2, -0.15) is 0 Å². The molecule has 26 heavy (non-hydrogen) atoms. The minimum absolute atomic E-state index is 0. The van der Waals surface area contributed by atoms with Gasteiger partial charge in [0.15, 0.2) is 5.96 Å². The highest BCUT2D eigenvalue weighted by Gasteiger charge is 2.59. The molecule has 2 unspecified atom stereocenters. The highest BCUT2D eigenvalue weighted by Crippen LogP contribution is 2.57. The van der Waals surface area contributed by atoms with Gasteiger partial charge in [0.1, 0.15) is 0 Å². The first-order chi connectivity index (χ1) is 12.0. The lowest BCUT2D eigenvalue weighted by Gasteiger charge is -2.61. The van der Waals surface area contributed by atoms with Crippen LogP contribution in [-0.4, -0.2) is 75.0 Å². The molecule has 3 aliphatic rings. The van der Waals surface area contributed by atoms with Crippen molar-refractivity contribution in [2.45, 2.75) is 64.1 Å². The largest absolute Gasteiger partial charge is 0.379 e. The molecule has 0 aromatic heterocycles.